The van der Waals surface area contributed by atoms with Crippen molar-refractivity contribution < 1.29 is 36.6 Å². The average Bonchev–Trinajstić information content (AvgIpc) is 3.60. The first-order chi connectivity index (χ1) is 23.6. The first-order valence-electron chi connectivity index (χ1n) is 16.2. The fourth-order valence-corrected chi connectivity index (χ4v) is 7.60. The third kappa shape index (κ3) is 12.4. The molecule has 0 bridgehead atoms. The molecule has 12 nitrogen and oxygen atoms in total. The number of H-pyrrole nitrogens is 1. The summed E-state index contributed by atoms with van der Waals surface area (Å²) in [4.78, 5) is 37.9. The molecule has 0 aliphatic carbocycles. The van der Waals surface area contributed by atoms with Gasteiger partial charge in [-0.05, 0) is 32.0 Å². The summed E-state index contributed by atoms with van der Waals surface area (Å²) >= 11 is 0. The van der Waals surface area contributed by atoms with E-state index in [0.717, 1.165) is 0 Å². The van der Waals surface area contributed by atoms with Gasteiger partial charge in [0.2, 0.25) is 5.95 Å². The van der Waals surface area contributed by atoms with Crippen LogP contribution < -0.4 is 10.9 Å². The largest absolute Gasteiger partial charge is 0.471 e. The Balaban J connectivity index is 1.80. The number of ether oxygens (including phenoxy) is 3. The van der Waals surface area contributed by atoms with Gasteiger partial charge in [-0.25, -0.2) is 4.99 Å². The highest BCUT2D eigenvalue weighted by Crippen LogP contribution is 2.39. The van der Waals surface area contributed by atoms with Crippen molar-refractivity contribution in [2.75, 3.05) is 46.4 Å². The molecule has 18 heteroatoms. The van der Waals surface area contributed by atoms with Crippen molar-refractivity contribution in [3.05, 3.63) is 34.8 Å². The fraction of sp³-hybridized carbons (Fsp3) is 0.636. The normalized spacial score (nSPS) is 18.6. The van der Waals surface area contributed by atoms with Gasteiger partial charge in [0.1, 0.15) is 24.9 Å². The van der Waals surface area contributed by atoms with E-state index in [4.69, 9.17) is 18.6 Å². The van der Waals surface area contributed by atoms with Gasteiger partial charge in [0, 0.05) is 38.0 Å². The lowest BCUT2D eigenvalue weighted by Crippen LogP contribution is -2.44. The number of fused-ring (bicyclic) bond motifs is 1. The molecule has 0 spiro atoms. The number of rotatable bonds is 16. The fourth-order valence-electron chi connectivity index (χ4n) is 4.45. The summed E-state index contributed by atoms with van der Waals surface area (Å²) in [5.74, 6) is 4.29. The highest BCUT2D eigenvalue weighted by Gasteiger charge is 2.42. The molecule has 2 aromatic heterocycles. The van der Waals surface area contributed by atoms with Crippen molar-refractivity contribution in [2.24, 2.45) is 4.99 Å². The Bertz CT molecular complexity index is 1660. The van der Waals surface area contributed by atoms with Gasteiger partial charge in [-0.3, -0.25) is 14.6 Å². The molecule has 0 aromatic carbocycles. The number of alkyl halides is 3. The van der Waals surface area contributed by atoms with Gasteiger partial charge < -0.3 is 33.4 Å². The summed E-state index contributed by atoms with van der Waals surface area (Å²) in [6.45, 7) is 18.6. The number of hydrogen-bond acceptors (Lipinski definition) is 10. The van der Waals surface area contributed by atoms with E-state index >= 15 is 0 Å². The molecule has 1 unspecified atom stereocenters. The van der Waals surface area contributed by atoms with E-state index in [1.165, 1.54) is 27.9 Å². The number of aromatic nitrogens is 3. The third-order valence-corrected chi connectivity index (χ3v) is 15.6. The van der Waals surface area contributed by atoms with Crippen molar-refractivity contribution in [2.45, 2.75) is 88.5 Å². The quantitative estimate of drug-likeness (QED) is 0.0307. The maximum Gasteiger partial charge on any atom is 0.471 e. The minimum Gasteiger partial charge on any atom is -0.414 e. The number of hydrogen-bond donors (Lipinski definition) is 2. The zero-order valence-corrected chi connectivity index (χ0v) is 33.2. The predicted octanol–water partition coefficient (Wildman–Crippen LogP) is 5.99. The predicted molar refractivity (Wildman–Crippen MR) is 200 cm³/mol. The second-order valence-electron chi connectivity index (χ2n) is 14.3. The van der Waals surface area contributed by atoms with E-state index in [2.05, 4.69) is 67.2 Å². The van der Waals surface area contributed by atoms with Crippen LogP contribution in [-0.4, -0.2) is 110 Å². The standard InChI is InChI=1S/C33H49F3N6O6S2Si/c1-11-14-46-23-16-25(48-24(23)18-47-51(9,10)31(2,3)4)42-17-22(26-27(42)39-30(40-28(26)43)38-20-41(7)8)13-12-15-45-21-49-50-32(5,6)19-37-29(44)33(34,35)36/h11,17,20,23-25H,1,14-16,18-19,21H2,2-10H3,(H,37,44)(H,39,40,43)/t23?,24-,25-/m1/s1. The third-order valence-electron chi connectivity index (χ3n) is 8.16. The lowest BCUT2D eigenvalue weighted by molar-refractivity contribution is -0.173. The number of nitrogens with zero attached hydrogens (tertiary/aromatic N) is 4. The molecule has 284 valence electrons. The maximum atomic E-state index is 13.4. The number of amides is 1. The van der Waals surface area contributed by atoms with Gasteiger partial charge in [0.15, 0.2) is 14.0 Å². The number of nitrogens with one attached hydrogen (secondary N) is 2. The number of carbonyl (C=O) groups is 1. The summed E-state index contributed by atoms with van der Waals surface area (Å²) < 4.78 is 63.4. The molecule has 51 heavy (non-hydrogen) atoms. The Kier molecular flexibility index (Phi) is 14.9. The molecule has 2 N–H and O–H groups in total. The Morgan fingerprint density at radius 3 is 2.63 bits per heavy atom. The zero-order valence-electron chi connectivity index (χ0n) is 30.6. The van der Waals surface area contributed by atoms with Crippen LogP contribution in [0.5, 0.6) is 0 Å². The minimum atomic E-state index is -4.93. The van der Waals surface area contributed by atoms with Crippen molar-refractivity contribution in [1.29, 1.82) is 0 Å². The number of aromatic amines is 1. The van der Waals surface area contributed by atoms with Crippen molar-refractivity contribution in [3.8, 4) is 11.8 Å². The molecule has 1 aliphatic heterocycles. The highest BCUT2D eigenvalue weighted by atomic mass is 33.1. The van der Waals surface area contributed by atoms with E-state index in [0.29, 0.717) is 30.8 Å². The highest BCUT2D eigenvalue weighted by molar-refractivity contribution is 8.77. The molecule has 1 aliphatic rings. The van der Waals surface area contributed by atoms with E-state index in [1.807, 2.05) is 5.32 Å². The average molecular weight is 775 g/mol. The molecule has 1 amide bonds. The lowest BCUT2D eigenvalue weighted by atomic mass is 10.2. The van der Waals surface area contributed by atoms with Crippen LogP contribution in [-0.2, 0) is 23.4 Å². The molecule has 3 atom stereocenters. The summed E-state index contributed by atoms with van der Waals surface area (Å²) in [5, 5.41) is 2.18. The van der Waals surface area contributed by atoms with Gasteiger partial charge in [-0.15, -0.1) is 6.58 Å². The molecule has 3 rings (SSSR count). The van der Waals surface area contributed by atoms with Gasteiger partial charge in [0.25, 0.3) is 5.56 Å². The first-order valence-corrected chi connectivity index (χ1v) is 21.5. The van der Waals surface area contributed by atoms with Crippen LogP contribution in [0.15, 0.2) is 28.6 Å². The SMILES string of the molecule is C=CCOC1C[C@H](n2cc(C#CCOCSSC(C)(C)CNC(=O)C(F)(F)F)c3c(=O)[nH]c(N=CN(C)C)nc32)O[C@@H]1CO[Si](C)(C)C(C)(C)C. The topological polar surface area (TPSA) is 132 Å². The summed E-state index contributed by atoms with van der Waals surface area (Å²) in [7, 11) is 4.08. The van der Waals surface area contributed by atoms with Gasteiger partial charge in [0.05, 0.1) is 36.6 Å². The van der Waals surface area contributed by atoms with E-state index in [-0.39, 0.29) is 47.7 Å². The smallest absolute Gasteiger partial charge is 0.414 e. The van der Waals surface area contributed by atoms with Crippen LogP contribution in [0, 0.1) is 11.8 Å². The van der Waals surface area contributed by atoms with Gasteiger partial charge in [-0.1, -0.05) is 60.3 Å². The van der Waals surface area contributed by atoms with Crippen molar-refractivity contribution >= 4 is 59.1 Å². The van der Waals surface area contributed by atoms with Crippen LogP contribution in [0.2, 0.25) is 18.1 Å². The Hall–Kier alpha value is -2.79. The zero-order chi connectivity index (χ0) is 38.2. The van der Waals surface area contributed by atoms with Crippen LogP contribution in [0.4, 0.5) is 19.1 Å². The van der Waals surface area contributed by atoms with Crippen molar-refractivity contribution in [1.82, 2.24) is 24.8 Å². The monoisotopic (exact) mass is 774 g/mol. The van der Waals surface area contributed by atoms with Crippen LogP contribution in [0.1, 0.15) is 52.8 Å². The number of carbonyl (C=O) groups excluding carboxylic acids is 1. The van der Waals surface area contributed by atoms with E-state index < -0.39 is 36.9 Å². The van der Waals surface area contributed by atoms with Crippen LogP contribution >= 0.6 is 21.6 Å². The van der Waals surface area contributed by atoms with E-state index in [1.54, 1.807) is 49.7 Å². The molecule has 2 aromatic rings. The van der Waals surface area contributed by atoms with Gasteiger partial charge >= 0.3 is 12.1 Å². The van der Waals surface area contributed by atoms with Gasteiger partial charge in [-0.2, -0.15) is 18.2 Å². The first kappa shape index (κ1) is 42.6. The second kappa shape index (κ2) is 17.8. The lowest BCUT2D eigenvalue weighted by Gasteiger charge is -2.37. The maximum absolute atomic E-state index is 13.4. The van der Waals surface area contributed by atoms with Crippen LogP contribution in [0.25, 0.3) is 11.0 Å². The van der Waals surface area contributed by atoms with Crippen LogP contribution in [0.3, 0.4) is 0 Å². The summed E-state index contributed by atoms with van der Waals surface area (Å²) in [5.41, 5.74) is 0.347. The molecule has 3 heterocycles. The Morgan fingerprint density at radius 2 is 2.00 bits per heavy atom. The second-order valence-corrected chi connectivity index (χ2v) is 22.0. The minimum absolute atomic E-state index is 0.0116. The molecule has 1 fully saturated rings. The molecular formula is C33H49F3N6O6S2Si. The molecular weight excluding hydrogens is 726 g/mol. The Morgan fingerprint density at radius 1 is 1.29 bits per heavy atom. The molecule has 1 saturated heterocycles. The summed E-state index contributed by atoms with van der Waals surface area (Å²) in [6, 6.07) is 0. The molecule has 0 radical (unpaired) electrons. The van der Waals surface area contributed by atoms with E-state index in [9.17, 15) is 22.8 Å². The summed E-state index contributed by atoms with van der Waals surface area (Å²) in [6.07, 6.45) is -0.731. The number of halogens is 3. The number of aliphatic imine (C=N–C) groups is 1. The Labute approximate surface area is 306 Å². The van der Waals surface area contributed by atoms with Crippen molar-refractivity contribution in [3.63, 3.8) is 0 Å². The molecule has 0 saturated carbocycles.